The fourth-order valence-electron chi connectivity index (χ4n) is 2.00. The first-order chi connectivity index (χ1) is 11.2. The van der Waals surface area contributed by atoms with E-state index in [9.17, 15) is 9.59 Å². The standard InChI is InChI=1S/C10H11NO.C9H9NO/c1-8(2)9-5-3-4-6-10(9)11-7-12;11-8-10-7-6-9-4-2-1-3-5-9/h3-6,8H,1-2H3;1-5H,6-7H2. The molecule has 118 valence electrons. The quantitative estimate of drug-likeness (QED) is 0.609. The highest BCUT2D eigenvalue weighted by Crippen LogP contribution is 2.25. The fraction of sp³-hybridized carbons (Fsp3) is 0.263. The minimum absolute atomic E-state index is 0.387. The molecule has 0 amide bonds. The molecule has 0 aliphatic heterocycles. The lowest BCUT2D eigenvalue weighted by atomic mass is 10.0. The minimum atomic E-state index is 0.387. The largest absolute Gasteiger partial charge is 0.240 e. The number of para-hydroxylation sites is 1. The molecule has 4 heteroatoms. The second-order valence-electron chi connectivity index (χ2n) is 5.13. The van der Waals surface area contributed by atoms with Gasteiger partial charge in [0, 0.05) is 0 Å². The van der Waals surface area contributed by atoms with Gasteiger partial charge in [-0.05, 0) is 29.5 Å². The molecular formula is C19H20N2O2. The lowest BCUT2D eigenvalue weighted by Gasteiger charge is -2.06. The van der Waals surface area contributed by atoms with E-state index < -0.39 is 0 Å². The smallest absolute Gasteiger partial charge is 0.211 e. The maximum atomic E-state index is 10.1. The first-order valence-corrected chi connectivity index (χ1v) is 7.43. The van der Waals surface area contributed by atoms with Crippen molar-refractivity contribution in [3.05, 3.63) is 65.7 Å². The molecule has 2 rings (SSSR count). The molecule has 4 nitrogen and oxygen atoms in total. The van der Waals surface area contributed by atoms with E-state index >= 15 is 0 Å². The van der Waals surface area contributed by atoms with E-state index in [0.29, 0.717) is 12.5 Å². The van der Waals surface area contributed by atoms with Crippen LogP contribution in [0.5, 0.6) is 0 Å². The number of hydrogen-bond donors (Lipinski definition) is 0. The highest BCUT2D eigenvalue weighted by atomic mass is 16.1. The van der Waals surface area contributed by atoms with Crippen molar-refractivity contribution < 1.29 is 9.59 Å². The average molecular weight is 308 g/mol. The van der Waals surface area contributed by atoms with Gasteiger partial charge in [0.1, 0.15) is 0 Å². The number of hydrogen-bond acceptors (Lipinski definition) is 4. The van der Waals surface area contributed by atoms with Crippen molar-refractivity contribution >= 4 is 17.8 Å². The van der Waals surface area contributed by atoms with Gasteiger partial charge in [-0.25, -0.2) is 14.6 Å². The molecule has 0 heterocycles. The molecule has 0 aliphatic carbocycles. The third kappa shape index (κ3) is 7.14. The summed E-state index contributed by atoms with van der Waals surface area (Å²) in [6, 6.07) is 17.5. The van der Waals surface area contributed by atoms with E-state index in [1.807, 2.05) is 54.6 Å². The number of aliphatic imine (C=N–C) groups is 2. The number of nitrogens with zero attached hydrogens (tertiary/aromatic N) is 2. The van der Waals surface area contributed by atoms with Crippen LogP contribution in [-0.4, -0.2) is 18.7 Å². The van der Waals surface area contributed by atoms with E-state index in [-0.39, 0.29) is 0 Å². The summed E-state index contributed by atoms with van der Waals surface area (Å²) in [6.07, 6.45) is 3.88. The molecule has 2 aromatic rings. The zero-order valence-corrected chi connectivity index (χ0v) is 13.4. The van der Waals surface area contributed by atoms with Gasteiger partial charge in [-0.1, -0.05) is 62.4 Å². The Morgan fingerprint density at radius 2 is 1.57 bits per heavy atom. The third-order valence-electron chi connectivity index (χ3n) is 3.14. The van der Waals surface area contributed by atoms with Gasteiger partial charge in [0.2, 0.25) is 12.2 Å². The van der Waals surface area contributed by atoms with Crippen molar-refractivity contribution in [2.75, 3.05) is 6.54 Å². The fourth-order valence-corrected chi connectivity index (χ4v) is 2.00. The second kappa shape index (κ2) is 10.9. The molecule has 0 aliphatic rings. The topological polar surface area (TPSA) is 58.9 Å². The van der Waals surface area contributed by atoms with E-state index in [4.69, 9.17) is 0 Å². The predicted octanol–water partition coefficient (Wildman–Crippen LogP) is 4.34. The van der Waals surface area contributed by atoms with Crippen molar-refractivity contribution in [3.8, 4) is 0 Å². The Bertz CT molecular complexity index is 684. The summed E-state index contributed by atoms with van der Waals surface area (Å²) in [5, 5.41) is 0. The Kier molecular flexibility index (Phi) is 8.62. The summed E-state index contributed by atoms with van der Waals surface area (Å²) in [7, 11) is 0. The van der Waals surface area contributed by atoms with Crippen LogP contribution < -0.4 is 0 Å². The van der Waals surface area contributed by atoms with Gasteiger partial charge in [0.25, 0.3) is 0 Å². The summed E-state index contributed by atoms with van der Waals surface area (Å²) >= 11 is 0. The minimum Gasteiger partial charge on any atom is -0.211 e. The van der Waals surface area contributed by atoms with Gasteiger partial charge in [-0.3, -0.25) is 0 Å². The van der Waals surface area contributed by atoms with Gasteiger partial charge in [0.15, 0.2) is 0 Å². The molecule has 0 saturated carbocycles. The molecular weight excluding hydrogens is 288 g/mol. The van der Waals surface area contributed by atoms with E-state index in [1.165, 1.54) is 11.6 Å². The second-order valence-corrected chi connectivity index (χ2v) is 5.13. The van der Waals surface area contributed by atoms with Crippen LogP contribution in [0, 0.1) is 0 Å². The molecule has 23 heavy (non-hydrogen) atoms. The van der Waals surface area contributed by atoms with Gasteiger partial charge in [0.05, 0.1) is 12.2 Å². The van der Waals surface area contributed by atoms with Crippen molar-refractivity contribution in [1.29, 1.82) is 0 Å². The molecule has 0 saturated heterocycles. The van der Waals surface area contributed by atoms with E-state index in [0.717, 1.165) is 17.7 Å². The Balaban J connectivity index is 0.000000231. The van der Waals surface area contributed by atoms with Crippen LogP contribution in [0.3, 0.4) is 0 Å². The van der Waals surface area contributed by atoms with Gasteiger partial charge in [-0.2, -0.15) is 4.99 Å². The number of rotatable bonds is 5. The average Bonchev–Trinajstić information content (AvgIpc) is 2.57. The molecule has 0 aromatic heterocycles. The molecule has 0 radical (unpaired) electrons. The number of benzene rings is 2. The summed E-state index contributed by atoms with van der Waals surface area (Å²) in [5.41, 5.74) is 3.01. The Hall–Kier alpha value is -2.80. The molecule has 0 spiro atoms. The zero-order chi connectivity index (χ0) is 16.9. The maximum Gasteiger partial charge on any atom is 0.240 e. The van der Waals surface area contributed by atoms with Crippen LogP contribution in [-0.2, 0) is 16.0 Å². The lowest BCUT2D eigenvalue weighted by Crippen LogP contribution is -1.87. The summed E-state index contributed by atoms with van der Waals surface area (Å²) in [5.74, 6) is 0.387. The Morgan fingerprint density at radius 3 is 2.17 bits per heavy atom. The lowest BCUT2D eigenvalue weighted by molar-refractivity contribution is 0.562. The first kappa shape index (κ1) is 18.2. The molecule has 0 unspecified atom stereocenters. The molecule has 0 fully saturated rings. The van der Waals surface area contributed by atoms with Crippen molar-refractivity contribution in [2.24, 2.45) is 9.98 Å². The van der Waals surface area contributed by atoms with Crippen LogP contribution in [0.1, 0.15) is 30.9 Å². The monoisotopic (exact) mass is 308 g/mol. The Morgan fingerprint density at radius 1 is 0.913 bits per heavy atom. The van der Waals surface area contributed by atoms with Crippen molar-refractivity contribution in [3.63, 3.8) is 0 Å². The van der Waals surface area contributed by atoms with Crippen LogP contribution in [0.25, 0.3) is 0 Å². The normalized spacial score (nSPS) is 9.17. The molecule has 0 bridgehead atoms. The highest BCUT2D eigenvalue weighted by molar-refractivity contribution is 5.54. The summed E-state index contributed by atoms with van der Waals surface area (Å²) < 4.78 is 0. The number of isocyanates is 2. The highest BCUT2D eigenvalue weighted by Gasteiger charge is 2.03. The summed E-state index contributed by atoms with van der Waals surface area (Å²) in [4.78, 5) is 26.8. The van der Waals surface area contributed by atoms with Gasteiger partial charge in [-0.15, -0.1) is 0 Å². The van der Waals surface area contributed by atoms with Crippen LogP contribution in [0.4, 0.5) is 5.69 Å². The van der Waals surface area contributed by atoms with Gasteiger partial charge < -0.3 is 0 Å². The maximum absolute atomic E-state index is 10.1. The van der Waals surface area contributed by atoms with Crippen LogP contribution in [0.15, 0.2) is 64.6 Å². The van der Waals surface area contributed by atoms with Crippen LogP contribution >= 0.6 is 0 Å². The van der Waals surface area contributed by atoms with E-state index in [2.05, 4.69) is 23.8 Å². The van der Waals surface area contributed by atoms with E-state index in [1.54, 1.807) is 6.08 Å². The first-order valence-electron chi connectivity index (χ1n) is 7.43. The summed E-state index contributed by atoms with van der Waals surface area (Å²) in [6.45, 7) is 4.67. The zero-order valence-electron chi connectivity index (χ0n) is 13.4. The Labute approximate surface area is 136 Å². The van der Waals surface area contributed by atoms with Crippen molar-refractivity contribution in [1.82, 2.24) is 0 Å². The SMILES string of the molecule is CC(C)c1ccccc1N=C=O.O=C=NCCc1ccccc1. The molecule has 0 atom stereocenters. The molecule has 0 N–H and O–H groups in total. The molecule has 2 aromatic carbocycles. The third-order valence-corrected chi connectivity index (χ3v) is 3.14. The number of carbonyl (C=O) groups excluding carboxylic acids is 2. The van der Waals surface area contributed by atoms with Gasteiger partial charge >= 0.3 is 0 Å². The van der Waals surface area contributed by atoms with Crippen molar-refractivity contribution in [2.45, 2.75) is 26.2 Å². The van der Waals surface area contributed by atoms with Crippen LogP contribution in [0.2, 0.25) is 0 Å². The predicted molar refractivity (Wildman–Crippen MR) is 91.4 cm³/mol.